The molecule has 4 aromatic carbocycles. The molecule has 194 valence electrons. The molecule has 0 bridgehead atoms. The summed E-state index contributed by atoms with van der Waals surface area (Å²) in [7, 11) is 0.278. The van der Waals surface area contributed by atoms with Crippen LogP contribution in [0.25, 0.3) is 16.3 Å². The number of fused-ring (bicyclic) bond motifs is 6. The summed E-state index contributed by atoms with van der Waals surface area (Å²) in [5.41, 5.74) is 15.3. The summed E-state index contributed by atoms with van der Waals surface area (Å²) in [6.07, 6.45) is 6.15. The molecule has 4 aromatic rings. The Kier molecular flexibility index (Phi) is 5.79. The SMILES string of the molecule is Cc1ccc2c(c1)C1=C([Si](C)(C)C3C=C(CCCc4ccccc4)c4ccccc43)c3ccccc3C1N2C. The fraction of sp³-hybridized carbons (Fsp3) is 0.243. The van der Waals surface area contributed by atoms with E-state index in [1.165, 1.54) is 45.5 Å². The third-order valence-electron chi connectivity index (χ3n) is 9.46. The van der Waals surface area contributed by atoms with Gasteiger partial charge in [-0.2, -0.15) is 0 Å². The highest BCUT2D eigenvalue weighted by Crippen LogP contribution is 2.60. The van der Waals surface area contributed by atoms with Crippen LogP contribution in [0.2, 0.25) is 13.1 Å². The molecule has 0 amide bonds. The molecule has 0 saturated heterocycles. The third kappa shape index (κ3) is 3.80. The van der Waals surface area contributed by atoms with Crippen LogP contribution in [0.3, 0.4) is 0 Å². The first-order valence-electron chi connectivity index (χ1n) is 14.5. The van der Waals surface area contributed by atoms with Crippen LogP contribution in [0.15, 0.2) is 103 Å². The topological polar surface area (TPSA) is 3.24 Å². The standard InChI is InChI=1S/C37H37NSi/c1-25-21-22-33-32(23-25)35-36(38(33)2)30-19-10-11-20-31(30)37(35)39(3,4)34-24-27(28-17-8-9-18-29(28)34)16-12-15-26-13-6-5-7-14-26/h5-11,13-14,17-24,34,36H,12,15-16H2,1-4H3. The van der Waals surface area contributed by atoms with Gasteiger partial charge in [-0.25, -0.2) is 0 Å². The van der Waals surface area contributed by atoms with Gasteiger partial charge in [0.2, 0.25) is 0 Å². The minimum atomic E-state index is -2.01. The number of rotatable bonds is 6. The fourth-order valence-corrected chi connectivity index (χ4v) is 11.5. The number of aryl methyl sites for hydroxylation is 2. The van der Waals surface area contributed by atoms with E-state index in [1.54, 1.807) is 21.9 Å². The largest absolute Gasteiger partial charge is 0.363 e. The van der Waals surface area contributed by atoms with Crippen LogP contribution in [0.1, 0.15) is 63.4 Å². The van der Waals surface area contributed by atoms with Crippen LogP contribution < -0.4 is 4.90 Å². The zero-order chi connectivity index (χ0) is 26.7. The second kappa shape index (κ2) is 9.24. The Bertz CT molecular complexity index is 1640. The van der Waals surface area contributed by atoms with Gasteiger partial charge in [-0.1, -0.05) is 110 Å². The number of likely N-dealkylation sites (N-methyl/N-ethyl adjacent to an activating group) is 1. The Labute approximate surface area is 234 Å². The molecule has 1 nitrogen and oxygen atoms in total. The van der Waals surface area contributed by atoms with Crippen molar-refractivity contribution in [1.82, 2.24) is 0 Å². The van der Waals surface area contributed by atoms with Gasteiger partial charge in [0.15, 0.2) is 0 Å². The Morgan fingerprint density at radius 2 is 1.41 bits per heavy atom. The molecule has 0 N–H and O–H groups in total. The Morgan fingerprint density at radius 3 is 2.21 bits per heavy atom. The maximum absolute atomic E-state index is 2.68. The maximum Gasteiger partial charge on any atom is 0.0932 e. The molecule has 0 spiro atoms. The molecule has 0 aromatic heterocycles. The maximum atomic E-state index is 2.68. The van der Waals surface area contributed by atoms with E-state index in [-0.39, 0.29) is 0 Å². The highest BCUT2D eigenvalue weighted by atomic mass is 28.3. The minimum Gasteiger partial charge on any atom is -0.363 e. The lowest BCUT2D eigenvalue weighted by atomic mass is 9.99. The molecule has 39 heavy (non-hydrogen) atoms. The summed E-state index contributed by atoms with van der Waals surface area (Å²) in [5.74, 6) is 0. The third-order valence-corrected chi connectivity index (χ3v) is 13.3. The van der Waals surface area contributed by atoms with Crippen LogP contribution >= 0.6 is 0 Å². The molecule has 7 rings (SSSR count). The van der Waals surface area contributed by atoms with Gasteiger partial charge in [0, 0.05) is 23.8 Å². The highest BCUT2D eigenvalue weighted by Gasteiger charge is 2.49. The highest BCUT2D eigenvalue weighted by molar-refractivity contribution is 6.97. The van der Waals surface area contributed by atoms with Crippen molar-refractivity contribution in [3.8, 4) is 0 Å². The average molecular weight is 524 g/mol. The van der Waals surface area contributed by atoms with E-state index in [9.17, 15) is 0 Å². The molecule has 2 aliphatic carbocycles. The zero-order valence-corrected chi connectivity index (χ0v) is 24.5. The first kappa shape index (κ1) is 24.4. The summed E-state index contributed by atoms with van der Waals surface area (Å²) in [6, 6.07) is 36.8. The van der Waals surface area contributed by atoms with Gasteiger partial charge in [0.25, 0.3) is 0 Å². The summed E-state index contributed by atoms with van der Waals surface area (Å²) >= 11 is 0. The molecule has 0 saturated carbocycles. The second-order valence-electron chi connectivity index (χ2n) is 12.2. The Balaban J connectivity index is 1.33. The van der Waals surface area contributed by atoms with Crippen molar-refractivity contribution >= 4 is 30.1 Å². The van der Waals surface area contributed by atoms with E-state index in [1.807, 2.05) is 0 Å². The van der Waals surface area contributed by atoms with E-state index in [2.05, 4.69) is 135 Å². The van der Waals surface area contributed by atoms with E-state index in [0.29, 0.717) is 11.6 Å². The van der Waals surface area contributed by atoms with Gasteiger partial charge in [-0.3, -0.25) is 0 Å². The number of hydrogen-bond donors (Lipinski definition) is 0. The molecular formula is C37H37NSi. The summed E-state index contributed by atoms with van der Waals surface area (Å²) in [4.78, 5) is 2.52. The molecule has 2 atom stereocenters. The Hall–Kier alpha value is -3.62. The minimum absolute atomic E-state index is 0.325. The predicted octanol–water partition coefficient (Wildman–Crippen LogP) is 9.40. The summed E-state index contributed by atoms with van der Waals surface area (Å²) < 4.78 is 0. The monoisotopic (exact) mass is 523 g/mol. The molecule has 1 heterocycles. The average Bonchev–Trinajstić information content (AvgIpc) is 3.58. The number of hydrogen-bond acceptors (Lipinski definition) is 1. The van der Waals surface area contributed by atoms with Crippen molar-refractivity contribution in [3.05, 3.63) is 142 Å². The smallest absolute Gasteiger partial charge is 0.0932 e. The quantitative estimate of drug-likeness (QED) is 0.228. The van der Waals surface area contributed by atoms with Crippen LogP contribution in [0, 0.1) is 6.92 Å². The first-order valence-corrected chi connectivity index (χ1v) is 17.5. The molecular weight excluding hydrogens is 487 g/mol. The van der Waals surface area contributed by atoms with Crippen molar-refractivity contribution in [2.24, 2.45) is 0 Å². The molecule has 2 heteroatoms. The summed E-state index contributed by atoms with van der Waals surface area (Å²) in [5, 5.41) is 1.67. The molecule has 0 radical (unpaired) electrons. The van der Waals surface area contributed by atoms with Crippen LogP contribution in [-0.2, 0) is 6.42 Å². The van der Waals surface area contributed by atoms with Gasteiger partial charge in [-0.15, -0.1) is 0 Å². The summed E-state index contributed by atoms with van der Waals surface area (Å²) in [6.45, 7) is 7.50. The lowest BCUT2D eigenvalue weighted by molar-refractivity contribution is 0.854. The van der Waals surface area contributed by atoms with Crippen LogP contribution in [0.4, 0.5) is 5.69 Å². The first-order chi connectivity index (χ1) is 18.9. The van der Waals surface area contributed by atoms with Gasteiger partial charge >= 0.3 is 0 Å². The number of allylic oxidation sites excluding steroid dienone is 2. The van der Waals surface area contributed by atoms with E-state index >= 15 is 0 Å². The number of nitrogens with zero attached hydrogens (tertiary/aromatic N) is 1. The van der Waals surface area contributed by atoms with E-state index in [4.69, 9.17) is 0 Å². The van der Waals surface area contributed by atoms with E-state index in [0.717, 1.165) is 12.8 Å². The van der Waals surface area contributed by atoms with Crippen molar-refractivity contribution in [3.63, 3.8) is 0 Å². The van der Waals surface area contributed by atoms with Crippen molar-refractivity contribution in [2.75, 3.05) is 11.9 Å². The molecule has 3 aliphatic rings. The second-order valence-corrected chi connectivity index (χ2v) is 16.8. The van der Waals surface area contributed by atoms with Crippen molar-refractivity contribution < 1.29 is 0 Å². The lowest BCUT2D eigenvalue weighted by Gasteiger charge is -2.33. The normalized spacial score (nSPS) is 19.1. The molecule has 0 fully saturated rings. The van der Waals surface area contributed by atoms with Crippen molar-refractivity contribution in [2.45, 2.75) is 50.9 Å². The molecule has 2 unspecified atom stereocenters. The zero-order valence-electron chi connectivity index (χ0n) is 23.5. The van der Waals surface area contributed by atoms with E-state index < -0.39 is 8.07 Å². The fourth-order valence-electron chi connectivity index (χ4n) is 7.63. The number of benzene rings is 4. The van der Waals surface area contributed by atoms with Crippen LogP contribution in [-0.4, -0.2) is 15.1 Å². The lowest BCUT2D eigenvalue weighted by Crippen LogP contribution is -2.35. The van der Waals surface area contributed by atoms with Gasteiger partial charge in [0.05, 0.1) is 14.1 Å². The van der Waals surface area contributed by atoms with Gasteiger partial charge in [0.1, 0.15) is 0 Å². The Morgan fingerprint density at radius 1 is 0.718 bits per heavy atom. The predicted molar refractivity (Wildman–Crippen MR) is 170 cm³/mol. The van der Waals surface area contributed by atoms with Crippen LogP contribution in [0.5, 0.6) is 0 Å². The van der Waals surface area contributed by atoms with Gasteiger partial charge in [-0.05, 0) is 82.5 Å². The number of anilines is 1. The van der Waals surface area contributed by atoms with Crippen molar-refractivity contribution in [1.29, 1.82) is 0 Å². The molecule has 1 aliphatic heterocycles. The van der Waals surface area contributed by atoms with Gasteiger partial charge < -0.3 is 4.90 Å².